The van der Waals surface area contributed by atoms with Crippen LogP contribution in [0, 0.1) is 0 Å². The van der Waals surface area contributed by atoms with Gasteiger partial charge >= 0.3 is 0 Å². The van der Waals surface area contributed by atoms with E-state index in [-0.39, 0.29) is 16.5 Å². The van der Waals surface area contributed by atoms with Crippen LogP contribution < -0.4 is 0 Å². The molecule has 0 aliphatic carbocycles. The quantitative estimate of drug-likeness (QED) is 0.0279. The monoisotopic (exact) mass is 837 g/mol. The Kier molecular flexibility index (Phi) is 37.2. The molecular weight excluding hydrogens is 747 g/mol. The van der Waals surface area contributed by atoms with Gasteiger partial charge in [-0.2, -0.15) is 0 Å². The summed E-state index contributed by atoms with van der Waals surface area (Å²) in [5.41, 5.74) is 7.48. The standard InChI is InChI=1S/C55H90N2.Ni/c1-5-9-13-16-19-20-21-22-23-24-25-26-27-28-29-30-31-34-37-49-55(57-53-48-41-39-45-51(53)43-36-33-18-15-11-7-3)54(46-12-8-4)56-52-47-40-38-44-50(52)42-35-32-17-14-10-6-2;/h14-15,17-18,38-41,44-45,47-48H,5-13,16,19-37,42-43,46,49H2,1-4H3;. The molecule has 2 aromatic carbocycles. The maximum Gasteiger partial charge on any atom is 0.0665 e. The summed E-state index contributed by atoms with van der Waals surface area (Å²) in [7, 11) is 0. The van der Waals surface area contributed by atoms with E-state index < -0.39 is 0 Å². The van der Waals surface area contributed by atoms with Gasteiger partial charge in [0.15, 0.2) is 0 Å². The Labute approximate surface area is 371 Å². The van der Waals surface area contributed by atoms with Crippen LogP contribution in [0.3, 0.4) is 0 Å². The van der Waals surface area contributed by atoms with Gasteiger partial charge in [-0.05, 0) is 100 Å². The van der Waals surface area contributed by atoms with Gasteiger partial charge < -0.3 is 0 Å². The van der Waals surface area contributed by atoms with Gasteiger partial charge in [-0.15, -0.1) is 0 Å². The second-order valence-electron chi connectivity index (χ2n) is 16.9. The van der Waals surface area contributed by atoms with Gasteiger partial charge in [0.25, 0.3) is 0 Å². The van der Waals surface area contributed by atoms with Crippen molar-refractivity contribution >= 4 is 22.8 Å². The van der Waals surface area contributed by atoms with Gasteiger partial charge in [0, 0.05) is 16.5 Å². The summed E-state index contributed by atoms with van der Waals surface area (Å²) in [5.74, 6) is 0. The molecule has 0 aliphatic heterocycles. The summed E-state index contributed by atoms with van der Waals surface area (Å²) in [5, 5.41) is 0. The predicted molar refractivity (Wildman–Crippen MR) is 259 cm³/mol. The van der Waals surface area contributed by atoms with Crippen molar-refractivity contribution in [3.63, 3.8) is 0 Å². The van der Waals surface area contributed by atoms with E-state index in [0.717, 1.165) is 56.3 Å². The van der Waals surface area contributed by atoms with Gasteiger partial charge in [-0.3, -0.25) is 9.98 Å². The Morgan fingerprint density at radius 1 is 0.362 bits per heavy atom. The van der Waals surface area contributed by atoms with Crippen LogP contribution in [0.2, 0.25) is 0 Å². The number of benzene rings is 2. The van der Waals surface area contributed by atoms with Gasteiger partial charge in [0.1, 0.15) is 0 Å². The second-order valence-corrected chi connectivity index (χ2v) is 16.9. The van der Waals surface area contributed by atoms with Crippen molar-refractivity contribution in [3.8, 4) is 0 Å². The molecule has 3 heteroatoms. The van der Waals surface area contributed by atoms with E-state index in [9.17, 15) is 0 Å². The fraction of sp³-hybridized carbons (Fsp3) is 0.673. The molecule has 0 amide bonds. The summed E-state index contributed by atoms with van der Waals surface area (Å²) in [6.45, 7) is 9.11. The molecule has 2 rings (SSSR count). The number of allylic oxidation sites excluding steroid dienone is 4. The van der Waals surface area contributed by atoms with Crippen molar-refractivity contribution in [1.82, 2.24) is 0 Å². The first kappa shape index (κ1) is 53.8. The molecule has 0 atom stereocenters. The van der Waals surface area contributed by atoms with Crippen molar-refractivity contribution < 1.29 is 16.5 Å². The molecule has 0 heterocycles. The molecule has 58 heavy (non-hydrogen) atoms. The van der Waals surface area contributed by atoms with E-state index in [4.69, 9.17) is 9.98 Å². The number of rotatable bonds is 38. The average Bonchev–Trinajstić information content (AvgIpc) is 3.23. The zero-order chi connectivity index (χ0) is 40.7. The zero-order valence-corrected chi connectivity index (χ0v) is 39.5. The molecule has 0 aliphatic rings. The van der Waals surface area contributed by atoms with Crippen LogP contribution in [0.25, 0.3) is 0 Å². The third-order valence-corrected chi connectivity index (χ3v) is 11.5. The minimum Gasteiger partial charge on any atom is -0.251 e. The van der Waals surface area contributed by atoms with E-state index in [1.807, 2.05) is 0 Å². The summed E-state index contributed by atoms with van der Waals surface area (Å²) in [6.07, 6.45) is 52.0. The van der Waals surface area contributed by atoms with E-state index >= 15 is 0 Å². The van der Waals surface area contributed by atoms with E-state index in [2.05, 4.69) is 101 Å². The Bertz CT molecular complexity index is 1340. The van der Waals surface area contributed by atoms with Crippen molar-refractivity contribution in [3.05, 3.63) is 84.0 Å². The molecule has 0 fully saturated rings. The van der Waals surface area contributed by atoms with E-state index in [1.54, 1.807) is 0 Å². The first-order chi connectivity index (χ1) is 28.2. The minimum absolute atomic E-state index is 0. The van der Waals surface area contributed by atoms with Crippen molar-refractivity contribution in [2.24, 2.45) is 9.98 Å². The molecule has 0 bridgehead atoms. The predicted octanol–water partition coefficient (Wildman–Crippen LogP) is 18.9. The third-order valence-electron chi connectivity index (χ3n) is 11.5. The Balaban J connectivity index is 0.0000168. The van der Waals surface area contributed by atoms with Crippen molar-refractivity contribution in [2.75, 3.05) is 0 Å². The minimum atomic E-state index is 0. The van der Waals surface area contributed by atoms with E-state index in [0.29, 0.717) is 0 Å². The van der Waals surface area contributed by atoms with Crippen LogP contribution in [-0.4, -0.2) is 11.4 Å². The first-order valence-electron chi connectivity index (χ1n) is 24.8. The van der Waals surface area contributed by atoms with Gasteiger partial charge in [0.05, 0.1) is 22.8 Å². The molecular formula is C55H90N2Ni. The number of hydrogen-bond acceptors (Lipinski definition) is 2. The summed E-state index contributed by atoms with van der Waals surface area (Å²) in [6, 6.07) is 17.8. The Hall–Kier alpha value is -2.25. The molecule has 0 saturated carbocycles. The molecule has 0 saturated heterocycles. The molecule has 0 aromatic heterocycles. The SMILES string of the molecule is CCCC=CCCCc1ccccc1N=C(CCCC)C(CCCCCCCCCCCCCCCCCCCCC)=Nc1ccccc1CCCC=CCCC.[Ni]. The van der Waals surface area contributed by atoms with Crippen LogP contribution in [0.15, 0.2) is 82.8 Å². The fourth-order valence-electron chi connectivity index (χ4n) is 7.82. The number of para-hydroxylation sites is 2. The molecule has 2 nitrogen and oxygen atoms in total. The maximum atomic E-state index is 5.55. The zero-order valence-electron chi connectivity index (χ0n) is 38.5. The van der Waals surface area contributed by atoms with Crippen molar-refractivity contribution in [2.45, 2.75) is 240 Å². The van der Waals surface area contributed by atoms with Gasteiger partial charge in [-0.1, -0.05) is 223 Å². The molecule has 0 spiro atoms. The largest absolute Gasteiger partial charge is 0.251 e. The van der Waals surface area contributed by atoms with Gasteiger partial charge in [-0.25, -0.2) is 0 Å². The summed E-state index contributed by atoms with van der Waals surface area (Å²) < 4.78 is 0. The maximum absolute atomic E-state index is 5.55. The van der Waals surface area contributed by atoms with Crippen molar-refractivity contribution in [1.29, 1.82) is 0 Å². The number of aryl methyl sites for hydroxylation is 2. The second kappa shape index (κ2) is 40.2. The van der Waals surface area contributed by atoms with Crippen LogP contribution in [-0.2, 0) is 29.3 Å². The third kappa shape index (κ3) is 28.3. The molecule has 330 valence electrons. The molecule has 0 N–H and O–H groups in total. The topological polar surface area (TPSA) is 24.7 Å². The summed E-state index contributed by atoms with van der Waals surface area (Å²) >= 11 is 0. The normalized spacial score (nSPS) is 12.3. The Morgan fingerprint density at radius 3 is 1.07 bits per heavy atom. The first-order valence-corrected chi connectivity index (χ1v) is 24.8. The average molecular weight is 838 g/mol. The van der Waals surface area contributed by atoms with Crippen LogP contribution in [0.4, 0.5) is 11.4 Å². The van der Waals surface area contributed by atoms with Gasteiger partial charge in [0.2, 0.25) is 0 Å². The molecule has 0 radical (unpaired) electrons. The smallest absolute Gasteiger partial charge is 0.0665 e. The Morgan fingerprint density at radius 2 is 0.690 bits per heavy atom. The number of aliphatic imine (C=N–C) groups is 2. The number of nitrogens with zero attached hydrogens (tertiary/aromatic N) is 2. The van der Waals surface area contributed by atoms with Crippen LogP contribution in [0.5, 0.6) is 0 Å². The van der Waals surface area contributed by atoms with E-state index in [1.165, 1.54) is 189 Å². The number of hydrogen-bond donors (Lipinski definition) is 0. The molecule has 2 aromatic rings. The molecule has 0 unspecified atom stereocenters. The van der Waals surface area contributed by atoms with Crippen LogP contribution >= 0.6 is 0 Å². The van der Waals surface area contributed by atoms with Crippen LogP contribution in [0.1, 0.15) is 238 Å². The number of unbranched alkanes of at least 4 members (excludes halogenated alkanes) is 23. The fourth-order valence-corrected chi connectivity index (χ4v) is 7.82. The summed E-state index contributed by atoms with van der Waals surface area (Å²) in [4.78, 5) is 11.1.